The second kappa shape index (κ2) is 5.32. The van der Waals surface area contributed by atoms with Crippen LogP contribution in [0.2, 0.25) is 0 Å². The summed E-state index contributed by atoms with van der Waals surface area (Å²) in [6.45, 7) is 4.88. The summed E-state index contributed by atoms with van der Waals surface area (Å²) in [6.07, 6.45) is 2.02. The highest BCUT2D eigenvalue weighted by molar-refractivity contribution is 5.94. The van der Waals surface area contributed by atoms with Crippen LogP contribution in [-0.2, 0) is 13.0 Å². The highest BCUT2D eigenvalue weighted by atomic mass is 16.1. The summed E-state index contributed by atoms with van der Waals surface area (Å²) in [5.41, 5.74) is 3.47. The molecule has 1 heterocycles. The summed E-state index contributed by atoms with van der Waals surface area (Å²) < 4.78 is 0. The number of benzene rings is 1. The summed E-state index contributed by atoms with van der Waals surface area (Å²) in [5.74, 6) is 0.0496. The molecule has 1 aromatic rings. The zero-order valence-electron chi connectivity index (χ0n) is 10.6. The predicted octanol–water partition coefficient (Wildman–Crippen LogP) is 1.81. The van der Waals surface area contributed by atoms with Gasteiger partial charge in [0, 0.05) is 25.2 Å². The second-order valence-electron chi connectivity index (χ2n) is 4.73. The lowest BCUT2D eigenvalue weighted by molar-refractivity contribution is 0.0953. The van der Waals surface area contributed by atoms with E-state index in [9.17, 15) is 4.79 Å². The summed E-state index contributed by atoms with van der Waals surface area (Å²) in [7, 11) is 2.13. The van der Waals surface area contributed by atoms with E-state index in [1.165, 1.54) is 11.1 Å². The van der Waals surface area contributed by atoms with Gasteiger partial charge in [-0.1, -0.05) is 13.0 Å². The van der Waals surface area contributed by atoms with Crippen molar-refractivity contribution in [3.05, 3.63) is 34.9 Å². The van der Waals surface area contributed by atoms with Crippen LogP contribution in [0.5, 0.6) is 0 Å². The van der Waals surface area contributed by atoms with Crippen LogP contribution >= 0.6 is 0 Å². The summed E-state index contributed by atoms with van der Waals surface area (Å²) in [5, 5.41) is 2.91. The number of likely N-dealkylation sites (N-methyl/N-ethyl adjacent to an activating group) is 1. The molecule has 2 rings (SSSR count). The Kier molecular flexibility index (Phi) is 3.79. The predicted molar refractivity (Wildman–Crippen MR) is 69.1 cm³/mol. The van der Waals surface area contributed by atoms with Gasteiger partial charge in [0.2, 0.25) is 0 Å². The average Bonchev–Trinajstić information content (AvgIpc) is 2.35. The van der Waals surface area contributed by atoms with Crippen molar-refractivity contribution in [2.24, 2.45) is 0 Å². The van der Waals surface area contributed by atoms with E-state index in [1.807, 2.05) is 12.1 Å². The maximum absolute atomic E-state index is 11.8. The van der Waals surface area contributed by atoms with Crippen molar-refractivity contribution >= 4 is 5.91 Å². The van der Waals surface area contributed by atoms with Crippen molar-refractivity contribution in [1.82, 2.24) is 10.2 Å². The highest BCUT2D eigenvalue weighted by Gasteiger charge is 2.14. The van der Waals surface area contributed by atoms with E-state index in [4.69, 9.17) is 0 Å². The van der Waals surface area contributed by atoms with Crippen molar-refractivity contribution in [1.29, 1.82) is 0 Å². The topological polar surface area (TPSA) is 32.3 Å². The molecule has 1 aliphatic heterocycles. The Morgan fingerprint density at radius 3 is 3.00 bits per heavy atom. The fourth-order valence-corrected chi connectivity index (χ4v) is 2.18. The Morgan fingerprint density at radius 1 is 1.41 bits per heavy atom. The molecule has 3 heteroatoms. The number of nitrogens with one attached hydrogen (secondary N) is 1. The maximum atomic E-state index is 11.8. The Labute approximate surface area is 103 Å². The van der Waals surface area contributed by atoms with Crippen molar-refractivity contribution < 1.29 is 4.79 Å². The van der Waals surface area contributed by atoms with Gasteiger partial charge in [0.15, 0.2) is 0 Å². The second-order valence-corrected chi connectivity index (χ2v) is 4.73. The van der Waals surface area contributed by atoms with E-state index in [2.05, 4.69) is 30.3 Å². The molecule has 92 valence electrons. The zero-order chi connectivity index (χ0) is 12.3. The van der Waals surface area contributed by atoms with Crippen molar-refractivity contribution in [2.75, 3.05) is 20.1 Å². The molecule has 0 unspecified atom stereocenters. The standard InChI is InChI=1S/C14H20N2O/c1-3-7-15-14(17)12-4-5-13-10-16(2)8-6-11(13)9-12/h4-5,9H,3,6-8,10H2,1-2H3,(H,15,17). The first-order valence-corrected chi connectivity index (χ1v) is 6.29. The lowest BCUT2D eigenvalue weighted by Gasteiger charge is -2.25. The molecular formula is C14H20N2O. The molecule has 1 aromatic carbocycles. The van der Waals surface area contributed by atoms with Gasteiger partial charge >= 0.3 is 0 Å². The molecule has 1 aliphatic rings. The Balaban J connectivity index is 2.13. The molecular weight excluding hydrogens is 212 g/mol. The van der Waals surface area contributed by atoms with Crippen molar-refractivity contribution in [3.8, 4) is 0 Å². The van der Waals surface area contributed by atoms with Gasteiger partial charge in [0.05, 0.1) is 0 Å². The van der Waals surface area contributed by atoms with E-state index in [0.29, 0.717) is 0 Å². The number of rotatable bonds is 3. The fraction of sp³-hybridized carbons (Fsp3) is 0.500. The van der Waals surface area contributed by atoms with Crippen LogP contribution in [0, 0.1) is 0 Å². The smallest absolute Gasteiger partial charge is 0.251 e. The third-order valence-corrected chi connectivity index (χ3v) is 3.21. The zero-order valence-corrected chi connectivity index (χ0v) is 10.6. The molecule has 0 saturated carbocycles. The Morgan fingerprint density at radius 2 is 2.24 bits per heavy atom. The summed E-state index contributed by atoms with van der Waals surface area (Å²) in [6, 6.07) is 6.07. The fourth-order valence-electron chi connectivity index (χ4n) is 2.18. The van der Waals surface area contributed by atoms with Gasteiger partial charge in [-0.25, -0.2) is 0 Å². The van der Waals surface area contributed by atoms with Crippen LogP contribution in [0.3, 0.4) is 0 Å². The van der Waals surface area contributed by atoms with E-state index < -0.39 is 0 Å². The number of nitrogens with zero attached hydrogens (tertiary/aromatic N) is 1. The third kappa shape index (κ3) is 2.86. The molecule has 17 heavy (non-hydrogen) atoms. The number of carbonyl (C=O) groups excluding carboxylic acids is 1. The van der Waals surface area contributed by atoms with Crippen LogP contribution in [0.1, 0.15) is 34.8 Å². The first kappa shape index (κ1) is 12.1. The summed E-state index contributed by atoms with van der Waals surface area (Å²) >= 11 is 0. The molecule has 3 nitrogen and oxygen atoms in total. The lowest BCUT2D eigenvalue weighted by Crippen LogP contribution is -2.28. The van der Waals surface area contributed by atoms with Crippen LogP contribution in [0.4, 0.5) is 0 Å². The van der Waals surface area contributed by atoms with Crippen LogP contribution in [0.15, 0.2) is 18.2 Å². The highest BCUT2D eigenvalue weighted by Crippen LogP contribution is 2.19. The van der Waals surface area contributed by atoms with E-state index >= 15 is 0 Å². The molecule has 0 radical (unpaired) electrons. The largest absolute Gasteiger partial charge is 0.352 e. The first-order valence-electron chi connectivity index (χ1n) is 6.29. The summed E-state index contributed by atoms with van der Waals surface area (Å²) in [4.78, 5) is 14.1. The van der Waals surface area contributed by atoms with Crippen LogP contribution in [0.25, 0.3) is 0 Å². The number of fused-ring (bicyclic) bond motifs is 1. The number of hydrogen-bond acceptors (Lipinski definition) is 2. The Bertz CT molecular complexity index is 415. The molecule has 0 atom stereocenters. The van der Waals surface area contributed by atoms with Crippen LogP contribution < -0.4 is 5.32 Å². The normalized spacial score (nSPS) is 15.4. The molecule has 0 spiro atoms. The minimum absolute atomic E-state index is 0.0496. The minimum atomic E-state index is 0.0496. The monoisotopic (exact) mass is 232 g/mol. The van der Waals surface area contributed by atoms with E-state index in [1.54, 1.807) is 0 Å². The molecule has 1 amide bonds. The molecule has 0 fully saturated rings. The van der Waals surface area contributed by atoms with Gasteiger partial charge < -0.3 is 10.2 Å². The lowest BCUT2D eigenvalue weighted by atomic mass is 9.97. The quantitative estimate of drug-likeness (QED) is 0.862. The SMILES string of the molecule is CCCNC(=O)c1ccc2c(c1)CCN(C)C2. The van der Waals surface area contributed by atoms with Gasteiger partial charge in [0.1, 0.15) is 0 Å². The average molecular weight is 232 g/mol. The third-order valence-electron chi connectivity index (χ3n) is 3.21. The van der Waals surface area contributed by atoms with Gasteiger partial charge in [-0.3, -0.25) is 4.79 Å². The van der Waals surface area contributed by atoms with Crippen molar-refractivity contribution in [2.45, 2.75) is 26.3 Å². The van der Waals surface area contributed by atoms with Gasteiger partial charge in [-0.2, -0.15) is 0 Å². The molecule has 0 aliphatic carbocycles. The number of hydrogen-bond donors (Lipinski definition) is 1. The number of amides is 1. The molecule has 0 bridgehead atoms. The molecule has 0 saturated heterocycles. The molecule has 1 N–H and O–H groups in total. The Hall–Kier alpha value is -1.35. The van der Waals surface area contributed by atoms with E-state index in [0.717, 1.165) is 38.0 Å². The van der Waals surface area contributed by atoms with E-state index in [-0.39, 0.29) is 5.91 Å². The minimum Gasteiger partial charge on any atom is -0.352 e. The van der Waals surface area contributed by atoms with Crippen LogP contribution in [-0.4, -0.2) is 30.9 Å². The van der Waals surface area contributed by atoms with Gasteiger partial charge in [0.25, 0.3) is 5.91 Å². The first-order chi connectivity index (χ1) is 8.20. The molecule has 0 aromatic heterocycles. The van der Waals surface area contributed by atoms with Gasteiger partial charge in [-0.05, 0) is 43.1 Å². The maximum Gasteiger partial charge on any atom is 0.251 e. The van der Waals surface area contributed by atoms with Gasteiger partial charge in [-0.15, -0.1) is 0 Å². The van der Waals surface area contributed by atoms with Crippen molar-refractivity contribution in [3.63, 3.8) is 0 Å². The number of carbonyl (C=O) groups is 1.